The van der Waals surface area contributed by atoms with Crippen molar-refractivity contribution in [3.8, 4) is 0 Å². The molecule has 116 valence electrons. The van der Waals surface area contributed by atoms with Crippen LogP contribution in [-0.4, -0.2) is 22.4 Å². The molecule has 1 aromatic carbocycles. The molecule has 2 aromatic rings. The van der Waals surface area contributed by atoms with E-state index in [1.54, 1.807) is 6.07 Å². The first-order valence-corrected chi connectivity index (χ1v) is 8.78. The molecule has 1 saturated carbocycles. The fraction of sp³-hybridized carbons (Fsp3) is 0.438. The molecule has 1 aliphatic carbocycles. The van der Waals surface area contributed by atoms with E-state index in [4.69, 9.17) is 4.42 Å². The van der Waals surface area contributed by atoms with Crippen LogP contribution in [0.1, 0.15) is 54.3 Å². The van der Waals surface area contributed by atoms with Crippen molar-refractivity contribution in [3.63, 3.8) is 0 Å². The third-order valence-electron chi connectivity index (χ3n) is 3.97. The number of carbonyl (C=O) groups is 1. The zero-order valence-electron chi connectivity index (χ0n) is 12.5. The molecule has 1 heterocycles. The number of carbonyl (C=O) groups excluding carboxylic acids is 1. The number of nitrogens with zero attached hydrogens (tertiary/aromatic N) is 2. The predicted molar refractivity (Wildman–Crippen MR) is 86.3 cm³/mol. The van der Waals surface area contributed by atoms with Crippen molar-refractivity contribution in [2.24, 2.45) is 0 Å². The van der Waals surface area contributed by atoms with Crippen LogP contribution in [0, 0.1) is 0 Å². The number of hydrogen-bond acceptors (Lipinski definition) is 5. The molecule has 3 rings (SSSR count). The summed E-state index contributed by atoms with van der Waals surface area (Å²) in [5.74, 6) is 0.766. The van der Waals surface area contributed by atoms with Crippen LogP contribution < -0.4 is 5.32 Å². The summed E-state index contributed by atoms with van der Waals surface area (Å²) in [7, 11) is 0. The van der Waals surface area contributed by atoms with Crippen LogP contribution in [0.25, 0.3) is 0 Å². The van der Waals surface area contributed by atoms with Gasteiger partial charge in [-0.1, -0.05) is 36.5 Å². The van der Waals surface area contributed by atoms with Gasteiger partial charge in [-0.25, -0.2) is 0 Å². The van der Waals surface area contributed by atoms with Crippen LogP contribution in [0.4, 0.5) is 6.01 Å². The number of benzene rings is 1. The molecule has 6 heteroatoms. The van der Waals surface area contributed by atoms with Crippen LogP contribution in [-0.2, 0) is 0 Å². The van der Waals surface area contributed by atoms with Crippen molar-refractivity contribution < 1.29 is 9.21 Å². The SMILES string of the molecule is CSc1ccccc1C(=O)Nc1nnc(C2CCCCC2)o1. The average Bonchev–Trinajstić information content (AvgIpc) is 3.04. The predicted octanol–water partition coefficient (Wildman–Crippen LogP) is 4.09. The fourth-order valence-electron chi connectivity index (χ4n) is 2.80. The molecule has 0 unspecified atom stereocenters. The summed E-state index contributed by atoms with van der Waals surface area (Å²) in [6.07, 6.45) is 7.81. The second-order valence-electron chi connectivity index (χ2n) is 5.43. The molecule has 0 spiro atoms. The van der Waals surface area contributed by atoms with Crippen molar-refractivity contribution in [2.75, 3.05) is 11.6 Å². The lowest BCUT2D eigenvalue weighted by atomic mass is 9.89. The molecule has 0 saturated heterocycles. The van der Waals surface area contributed by atoms with E-state index in [0.717, 1.165) is 17.7 Å². The maximum Gasteiger partial charge on any atom is 0.322 e. The molecular formula is C16H19N3O2S. The smallest absolute Gasteiger partial charge is 0.322 e. The molecule has 0 radical (unpaired) electrons. The second-order valence-corrected chi connectivity index (χ2v) is 6.28. The topological polar surface area (TPSA) is 68.0 Å². The Labute approximate surface area is 133 Å². The molecular weight excluding hydrogens is 298 g/mol. The van der Waals surface area contributed by atoms with E-state index < -0.39 is 0 Å². The van der Waals surface area contributed by atoms with Gasteiger partial charge in [-0.3, -0.25) is 10.1 Å². The number of rotatable bonds is 4. The Kier molecular flexibility index (Phi) is 4.77. The molecule has 1 fully saturated rings. The van der Waals surface area contributed by atoms with Gasteiger partial charge in [0.1, 0.15) is 0 Å². The van der Waals surface area contributed by atoms with Gasteiger partial charge < -0.3 is 4.42 Å². The quantitative estimate of drug-likeness (QED) is 0.860. The summed E-state index contributed by atoms with van der Waals surface area (Å²) in [5, 5.41) is 10.7. The fourth-order valence-corrected chi connectivity index (χ4v) is 3.39. The largest absolute Gasteiger partial charge is 0.408 e. The standard InChI is InChI=1S/C16H19N3O2S/c1-22-13-10-6-5-9-12(13)14(20)17-16-19-18-15(21-16)11-7-3-2-4-8-11/h5-6,9-11H,2-4,7-8H2,1H3,(H,17,19,20). The third-order valence-corrected chi connectivity index (χ3v) is 4.76. The van der Waals surface area contributed by atoms with E-state index in [1.165, 1.54) is 31.0 Å². The maximum absolute atomic E-state index is 12.3. The molecule has 1 N–H and O–H groups in total. The molecule has 5 nitrogen and oxygen atoms in total. The molecule has 0 aliphatic heterocycles. The Morgan fingerprint density at radius 1 is 1.23 bits per heavy atom. The Balaban J connectivity index is 1.70. The van der Waals surface area contributed by atoms with Crippen molar-refractivity contribution >= 4 is 23.7 Å². The molecule has 22 heavy (non-hydrogen) atoms. The van der Waals surface area contributed by atoms with E-state index in [9.17, 15) is 4.79 Å². The van der Waals surface area contributed by atoms with Crippen LogP contribution in [0.2, 0.25) is 0 Å². The lowest BCUT2D eigenvalue weighted by Crippen LogP contribution is -2.13. The maximum atomic E-state index is 12.3. The summed E-state index contributed by atoms with van der Waals surface area (Å²) in [4.78, 5) is 13.3. The third kappa shape index (κ3) is 3.32. The number of aromatic nitrogens is 2. The average molecular weight is 317 g/mol. The molecule has 0 bridgehead atoms. The van der Waals surface area contributed by atoms with Gasteiger partial charge in [0.05, 0.1) is 5.56 Å². The Bertz CT molecular complexity index is 650. The van der Waals surface area contributed by atoms with E-state index in [-0.39, 0.29) is 11.9 Å². The van der Waals surface area contributed by atoms with Crippen LogP contribution in [0.5, 0.6) is 0 Å². The van der Waals surface area contributed by atoms with Gasteiger partial charge in [-0.05, 0) is 31.2 Å². The van der Waals surface area contributed by atoms with E-state index >= 15 is 0 Å². The van der Waals surface area contributed by atoms with Crippen LogP contribution >= 0.6 is 11.8 Å². The molecule has 1 aromatic heterocycles. The van der Waals surface area contributed by atoms with Crippen LogP contribution in [0.15, 0.2) is 33.6 Å². The zero-order valence-corrected chi connectivity index (χ0v) is 13.4. The summed E-state index contributed by atoms with van der Waals surface area (Å²) < 4.78 is 5.63. The van der Waals surface area contributed by atoms with Crippen molar-refractivity contribution in [2.45, 2.75) is 42.9 Å². The van der Waals surface area contributed by atoms with Gasteiger partial charge >= 0.3 is 6.01 Å². The van der Waals surface area contributed by atoms with Crippen LogP contribution in [0.3, 0.4) is 0 Å². The molecule has 0 atom stereocenters. The summed E-state index contributed by atoms with van der Waals surface area (Å²) in [5.41, 5.74) is 0.618. The first-order chi connectivity index (χ1) is 10.8. The lowest BCUT2D eigenvalue weighted by Gasteiger charge is -2.17. The van der Waals surface area contributed by atoms with Gasteiger partial charge in [0.25, 0.3) is 5.91 Å². The van der Waals surface area contributed by atoms with Crippen molar-refractivity contribution in [1.82, 2.24) is 10.2 Å². The number of hydrogen-bond donors (Lipinski definition) is 1. The van der Waals surface area contributed by atoms with Gasteiger partial charge in [-0.2, -0.15) is 0 Å². The van der Waals surface area contributed by atoms with Gasteiger partial charge in [0, 0.05) is 10.8 Å². The lowest BCUT2D eigenvalue weighted by molar-refractivity contribution is 0.102. The Hall–Kier alpha value is -1.82. The van der Waals surface area contributed by atoms with Gasteiger partial charge in [-0.15, -0.1) is 16.9 Å². The van der Waals surface area contributed by atoms with Crippen molar-refractivity contribution in [3.05, 3.63) is 35.7 Å². The first kappa shape index (κ1) is 15.1. The molecule has 1 amide bonds. The zero-order chi connectivity index (χ0) is 15.4. The minimum Gasteiger partial charge on any atom is -0.408 e. The first-order valence-electron chi connectivity index (χ1n) is 7.55. The summed E-state index contributed by atoms with van der Waals surface area (Å²) in [6.45, 7) is 0. The number of amides is 1. The second kappa shape index (κ2) is 6.96. The van der Waals surface area contributed by atoms with Gasteiger partial charge in [0.2, 0.25) is 5.89 Å². The highest BCUT2D eigenvalue weighted by atomic mass is 32.2. The van der Waals surface area contributed by atoms with Gasteiger partial charge in [0.15, 0.2) is 0 Å². The highest BCUT2D eigenvalue weighted by Gasteiger charge is 2.22. The highest BCUT2D eigenvalue weighted by Crippen LogP contribution is 2.32. The van der Waals surface area contributed by atoms with E-state index in [2.05, 4.69) is 15.5 Å². The Morgan fingerprint density at radius 2 is 2.00 bits per heavy atom. The summed E-state index contributed by atoms with van der Waals surface area (Å²) in [6, 6.07) is 7.65. The minimum atomic E-state index is -0.219. The summed E-state index contributed by atoms with van der Waals surface area (Å²) >= 11 is 1.53. The Morgan fingerprint density at radius 3 is 2.77 bits per heavy atom. The van der Waals surface area contributed by atoms with E-state index in [1.807, 2.05) is 24.5 Å². The number of anilines is 1. The minimum absolute atomic E-state index is 0.182. The molecule has 1 aliphatic rings. The number of thioether (sulfide) groups is 1. The van der Waals surface area contributed by atoms with Crippen molar-refractivity contribution in [1.29, 1.82) is 0 Å². The monoisotopic (exact) mass is 317 g/mol. The van der Waals surface area contributed by atoms with E-state index in [0.29, 0.717) is 17.4 Å². The number of nitrogens with one attached hydrogen (secondary N) is 1. The highest BCUT2D eigenvalue weighted by molar-refractivity contribution is 7.98. The normalized spacial score (nSPS) is 15.7.